The molecule has 14 rings (SSSR count). The highest BCUT2D eigenvalue weighted by Crippen LogP contribution is 2.64. The van der Waals surface area contributed by atoms with Crippen LogP contribution in [0.5, 0.6) is 0 Å². The van der Waals surface area contributed by atoms with Crippen molar-refractivity contribution >= 4 is 93.6 Å². The van der Waals surface area contributed by atoms with Gasteiger partial charge in [-0.1, -0.05) is 103 Å². The van der Waals surface area contributed by atoms with Crippen molar-refractivity contribution in [1.29, 1.82) is 0 Å². The molecule has 0 radical (unpaired) electrons. The third-order valence-electron chi connectivity index (χ3n) is 13.0. The summed E-state index contributed by atoms with van der Waals surface area (Å²) < 4.78 is 11.6. The van der Waals surface area contributed by atoms with Crippen LogP contribution in [-0.2, 0) is 5.41 Å². The number of nitrogens with zero attached hydrogens (tertiary/aromatic N) is 3. The number of furan rings is 1. The van der Waals surface area contributed by atoms with Gasteiger partial charge in [-0.05, 0) is 83.8 Å². The molecule has 250 valence electrons. The fourth-order valence-electron chi connectivity index (χ4n) is 11.0. The SMILES string of the molecule is CC12c3ccccc3-c3cccc(c31)N(c1ccc3c(c1)n1c4ccccc4c4ccc5c6ccccc6n3c5c41)c1ccc3oc4ccccc4c3c12. The highest BCUT2D eigenvalue weighted by Gasteiger charge is 2.49. The van der Waals surface area contributed by atoms with Gasteiger partial charge in [-0.3, -0.25) is 0 Å². The van der Waals surface area contributed by atoms with E-state index in [0.717, 1.165) is 22.2 Å². The summed E-state index contributed by atoms with van der Waals surface area (Å²) in [5, 5.41) is 7.48. The van der Waals surface area contributed by atoms with Crippen molar-refractivity contribution in [1.82, 2.24) is 8.80 Å². The van der Waals surface area contributed by atoms with Gasteiger partial charge in [0, 0.05) is 49.0 Å². The number of aromatic nitrogens is 2. The number of rotatable bonds is 1. The normalized spacial score (nSPS) is 16.3. The summed E-state index contributed by atoms with van der Waals surface area (Å²) in [5.41, 5.74) is 19.0. The van der Waals surface area contributed by atoms with Crippen LogP contribution in [0.1, 0.15) is 23.6 Å². The third kappa shape index (κ3) is 2.94. The minimum absolute atomic E-state index is 0.383. The van der Waals surface area contributed by atoms with E-state index in [9.17, 15) is 0 Å². The lowest BCUT2D eigenvalue weighted by atomic mass is 9.69. The third-order valence-corrected chi connectivity index (χ3v) is 13.0. The second kappa shape index (κ2) is 9.11. The van der Waals surface area contributed by atoms with Crippen LogP contribution in [0.25, 0.3) is 87.7 Å². The van der Waals surface area contributed by atoms with Crippen LogP contribution >= 0.6 is 0 Å². The van der Waals surface area contributed by atoms with E-state index in [1.54, 1.807) is 0 Å². The molecule has 2 aliphatic rings. The van der Waals surface area contributed by atoms with Gasteiger partial charge in [0.15, 0.2) is 0 Å². The average molecular weight is 688 g/mol. The van der Waals surface area contributed by atoms with Crippen molar-refractivity contribution in [3.8, 4) is 11.1 Å². The monoisotopic (exact) mass is 687 g/mol. The number of benzene rings is 8. The average Bonchev–Trinajstić information content (AvgIpc) is 3.94. The zero-order chi connectivity index (χ0) is 35.0. The Bertz CT molecular complexity index is 3650. The van der Waals surface area contributed by atoms with E-state index in [1.165, 1.54) is 99.2 Å². The second-order valence-corrected chi connectivity index (χ2v) is 15.4. The van der Waals surface area contributed by atoms with Crippen LogP contribution in [-0.4, -0.2) is 8.80 Å². The van der Waals surface area contributed by atoms with Gasteiger partial charge in [-0.25, -0.2) is 0 Å². The summed E-state index contributed by atoms with van der Waals surface area (Å²) in [5.74, 6) is 0. The first kappa shape index (κ1) is 27.6. The number of hydrogen-bond donors (Lipinski definition) is 0. The van der Waals surface area contributed by atoms with Crippen LogP contribution in [0.15, 0.2) is 162 Å². The Labute approximate surface area is 308 Å². The van der Waals surface area contributed by atoms with Crippen LogP contribution in [0.2, 0.25) is 0 Å². The summed E-state index contributed by atoms with van der Waals surface area (Å²) in [6.07, 6.45) is 0. The molecule has 4 nitrogen and oxygen atoms in total. The van der Waals surface area contributed by atoms with Gasteiger partial charge in [0.05, 0.1) is 44.5 Å². The molecule has 1 aliphatic carbocycles. The van der Waals surface area contributed by atoms with Crippen molar-refractivity contribution < 1.29 is 4.42 Å². The number of fused-ring (bicyclic) bond motifs is 18. The molecule has 5 heterocycles. The Morgan fingerprint density at radius 3 is 1.89 bits per heavy atom. The van der Waals surface area contributed by atoms with E-state index in [1.807, 2.05) is 0 Å². The highest BCUT2D eigenvalue weighted by atomic mass is 16.3. The molecule has 0 spiro atoms. The molecule has 1 unspecified atom stereocenters. The van der Waals surface area contributed by atoms with Gasteiger partial charge in [-0.2, -0.15) is 0 Å². The van der Waals surface area contributed by atoms with Crippen molar-refractivity contribution in [3.63, 3.8) is 0 Å². The maximum atomic E-state index is 6.59. The lowest BCUT2D eigenvalue weighted by molar-refractivity contribution is 0.665. The molecule has 0 fully saturated rings. The summed E-state index contributed by atoms with van der Waals surface area (Å²) in [4.78, 5) is 2.52. The van der Waals surface area contributed by atoms with E-state index in [4.69, 9.17) is 4.42 Å². The van der Waals surface area contributed by atoms with Gasteiger partial charge < -0.3 is 18.1 Å². The predicted octanol–water partition coefficient (Wildman–Crippen LogP) is 13.3. The molecule has 0 saturated carbocycles. The standard InChI is InChI=1S/C50H29N3O/c1-50-36-16-6-2-11-29(36)32-15-10-19-40(46(32)50)51(41-25-26-44-45(47(41)50)35-14-5-9-20-43(35)54-44)28-21-24-39-42(27-28)53-38-18-8-4-13-31(38)34-23-22-33-30-12-3-7-17-37(30)52(39)48(33)49(34)53/h2-27H,1H3. The molecule has 0 amide bonds. The minimum atomic E-state index is -0.383. The smallest absolute Gasteiger partial charge is 0.135 e. The Kier molecular flexibility index (Phi) is 4.66. The van der Waals surface area contributed by atoms with E-state index < -0.39 is 0 Å². The van der Waals surface area contributed by atoms with Crippen molar-refractivity contribution in [2.45, 2.75) is 12.3 Å². The van der Waals surface area contributed by atoms with Crippen LogP contribution in [0, 0.1) is 0 Å². The Hall–Kier alpha value is -7.04. The molecule has 4 heteroatoms. The molecule has 1 aliphatic heterocycles. The number of para-hydroxylation sites is 3. The molecular formula is C50H29N3O. The van der Waals surface area contributed by atoms with Crippen molar-refractivity contribution in [2.75, 3.05) is 4.90 Å². The molecule has 1 atom stereocenters. The highest BCUT2D eigenvalue weighted by molar-refractivity contribution is 6.25. The molecule has 0 bridgehead atoms. The molecule has 8 aromatic carbocycles. The van der Waals surface area contributed by atoms with E-state index in [0.29, 0.717) is 0 Å². The predicted molar refractivity (Wildman–Crippen MR) is 223 cm³/mol. The quantitative estimate of drug-likeness (QED) is 0.161. The molecule has 12 aromatic rings. The molecular weight excluding hydrogens is 659 g/mol. The lowest BCUT2D eigenvalue weighted by Crippen LogP contribution is -2.32. The lowest BCUT2D eigenvalue weighted by Gasteiger charge is -2.42. The summed E-state index contributed by atoms with van der Waals surface area (Å²) >= 11 is 0. The molecule has 0 saturated heterocycles. The van der Waals surface area contributed by atoms with Crippen LogP contribution < -0.4 is 4.90 Å². The van der Waals surface area contributed by atoms with Crippen LogP contribution in [0.3, 0.4) is 0 Å². The summed E-state index contributed by atoms with van der Waals surface area (Å²) in [6, 6.07) is 58.4. The second-order valence-electron chi connectivity index (χ2n) is 15.4. The topological polar surface area (TPSA) is 25.2 Å². The largest absolute Gasteiger partial charge is 0.456 e. The maximum Gasteiger partial charge on any atom is 0.135 e. The van der Waals surface area contributed by atoms with Gasteiger partial charge in [-0.15, -0.1) is 0 Å². The molecule has 0 N–H and O–H groups in total. The zero-order valence-corrected chi connectivity index (χ0v) is 29.3. The van der Waals surface area contributed by atoms with Crippen LogP contribution in [0.4, 0.5) is 17.1 Å². The minimum Gasteiger partial charge on any atom is -0.456 e. The van der Waals surface area contributed by atoms with E-state index >= 15 is 0 Å². The van der Waals surface area contributed by atoms with Gasteiger partial charge in [0.1, 0.15) is 11.2 Å². The van der Waals surface area contributed by atoms with E-state index in [-0.39, 0.29) is 5.41 Å². The van der Waals surface area contributed by atoms with Gasteiger partial charge >= 0.3 is 0 Å². The molecule has 54 heavy (non-hydrogen) atoms. The molecule has 4 aromatic heterocycles. The van der Waals surface area contributed by atoms with Crippen molar-refractivity contribution in [3.05, 3.63) is 174 Å². The number of hydrogen-bond acceptors (Lipinski definition) is 2. The van der Waals surface area contributed by atoms with Crippen molar-refractivity contribution in [2.24, 2.45) is 0 Å². The first-order valence-corrected chi connectivity index (χ1v) is 18.8. The first-order chi connectivity index (χ1) is 26.7. The van der Waals surface area contributed by atoms with Gasteiger partial charge in [0.25, 0.3) is 0 Å². The zero-order valence-electron chi connectivity index (χ0n) is 29.3. The summed E-state index contributed by atoms with van der Waals surface area (Å²) in [7, 11) is 0. The fourth-order valence-corrected chi connectivity index (χ4v) is 11.0. The Balaban J connectivity index is 1.17. The maximum absolute atomic E-state index is 6.59. The Morgan fingerprint density at radius 2 is 1.09 bits per heavy atom. The first-order valence-electron chi connectivity index (χ1n) is 18.8. The van der Waals surface area contributed by atoms with Gasteiger partial charge in [0.2, 0.25) is 0 Å². The van der Waals surface area contributed by atoms with E-state index in [2.05, 4.69) is 178 Å². The number of anilines is 3. The Morgan fingerprint density at radius 1 is 0.444 bits per heavy atom. The summed E-state index contributed by atoms with van der Waals surface area (Å²) in [6.45, 7) is 2.44. The fraction of sp³-hybridized carbons (Fsp3) is 0.0400.